The van der Waals surface area contributed by atoms with Crippen molar-refractivity contribution >= 4 is 0 Å². The molecular formula is C11H17F3N2. The Kier molecular flexibility index (Phi) is 2.78. The highest BCUT2D eigenvalue weighted by atomic mass is 19.4. The number of nitrogens with one attached hydrogen (secondary N) is 1. The largest absolute Gasteiger partial charge is 0.396 e. The maximum atomic E-state index is 12.8. The second-order valence-corrected chi connectivity index (χ2v) is 4.99. The van der Waals surface area contributed by atoms with E-state index in [1.807, 2.05) is 0 Å². The van der Waals surface area contributed by atoms with Crippen molar-refractivity contribution in [1.82, 2.24) is 5.32 Å². The van der Waals surface area contributed by atoms with Crippen LogP contribution in [-0.4, -0.2) is 25.3 Å². The van der Waals surface area contributed by atoms with Crippen LogP contribution in [0.15, 0.2) is 12.2 Å². The molecule has 1 saturated heterocycles. The number of nitrogens with two attached hydrogens (primary N) is 1. The average Bonchev–Trinajstić information content (AvgIpc) is 2.38. The second-order valence-electron chi connectivity index (χ2n) is 4.99. The molecule has 1 saturated carbocycles. The van der Waals surface area contributed by atoms with E-state index in [0.29, 0.717) is 6.42 Å². The van der Waals surface area contributed by atoms with Crippen LogP contribution in [0.1, 0.15) is 19.3 Å². The standard InChI is InChI=1S/C11H17F3N2/c1-7-6-10(2-4-16-5-3-10)9(15)8(7)11(12,13)14/h8-9,16H,1-6,15H2/t8-,9?/m1/s1. The van der Waals surface area contributed by atoms with E-state index in [-0.39, 0.29) is 11.0 Å². The van der Waals surface area contributed by atoms with E-state index in [1.54, 1.807) is 0 Å². The monoisotopic (exact) mass is 234 g/mol. The van der Waals surface area contributed by atoms with Crippen molar-refractivity contribution in [3.63, 3.8) is 0 Å². The molecule has 0 amide bonds. The molecule has 0 radical (unpaired) electrons. The van der Waals surface area contributed by atoms with E-state index in [0.717, 1.165) is 25.9 Å². The first kappa shape index (κ1) is 11.9. The smallest absolute Gasteiger partial charge is 0.326 e. The van der Waals surface area contributed by atoms with Gasteiger partial charge in [-0.05, 0) is 37.8 Å². The molecule has 1 aliphatic heterocycles. The summed E-state index contributed by atoms with van der Waals surface area (Å²) in [5.41, 5.74) is 5.75. The predicted molar refractivity (Wildman–Crippen MR) is 55.8 cm³/mol. The summed E-state index contributed by atoms with van der Waals surface area (Å²) in [6.45, 7) is 5.09. The SMILES string of the molecule is C=C1CC2(CCNCC2)C(N)[C@@H]1C(F)(F)F. The van der Waals surface area contributed by atoms with Gasteiger partial charge in [0.05, 0.1) is 5.92 Å². The average molecular weight is 234 g/mol. The molecule has 2 aliphatic rings. The first-order valence-corrected chi connectivity index (χ1v) is 5.57. The summed E-state index contributed by atoms with van der Waals surface area (Å²) in [5.74, 6) is -1.51. The van der Waals surface area contributed by atoms with Crippen molar-refractivity contribution in [3.8, 4) is 0 Å². The van der Waals surface area contributed by atoms with Gasteiger partial charge in [0.15, 0.2) is 0 Å². The third kappa shape index (κ3) is 1.76. The van der Waals surface area contributed by atoms with E-state index in [2.05, 4.69) is 11.9 Å². The zero-order valence-corrected chi connectivity index (χ0v) is 9.11. The van der Waals surface area contributed by atoms with E-state index in [9.17, 15) is 13.2 Å². The topological polar surface area (TPSA) is 38.0 Å². The van der Waals surface area contributed by atoms with Gasteiger partial charge in [0.25, 0.3) is 0 Å². The maximum Gasteiger partial charge on any atom is 0.396 e. The molecule has 1 spiro atoms. The lowest BCUT2D eigenvalue weighted by atomic mass is 9.73. The Labute approximate surface area is 93.1 Å². The molecule has 0 bridgehead atoms. The molecule has 3 N–H and O–H groups in total. The van der Waals surface area contributed by atoms with Crippen LogP contribution in [0, 0.1) is 11.3 Å². The van der Waals surface area contributed by atoms with E-state index < -0.39 is 18.1 Å². The molecule has 2 rings (SSSR count). The number of hydrogen-bond acceptors (Lipinski definition) is 2. The van der Waals surface area contributed by atoms with E-state index in [1.165, 1.54) is 0 Å². The first-order chi connectivity index (χ1) is 7.37. The number of piperidine rings is 1. The summed E-state index contributed by atoms with van der Waals surface area (Å²) in [4.78, 5) is 0. The van der Waals surface area contributed by atoms with Crippen molar-refractivity contribution < 1.29 is 13.2 Å². The molecule has 1 heterocycles. The Morgan fingerprint density at radius 1 is 1.31 bits per heavy atom. The van der Waals surface area contributed by atoms with Crippen molar-refractivity contribution in [3.05, 3.63) is 12.2 Å². The van der Waals surface area contributed by atoms with Gasteiger partial charge in [-0.2, -0.15) is 13.2 Å². The highest BCUT2D eigenvalue weighted by molar-refractivity contribution is 5.22. The van der Waals surface area contributed by atoms with Gasteiger partial charge in [-0.15, -0.1) is 0 Å². The number of halogens is 3. The van der Waals surface area contributed by atoms with Gasteiger partial charge in [0.1, 0.15) is 0 Å². The lowest BCUT2D eigenvalue weighted by Gasteiger charge is -2.38. The molecule has 1 unspecified atom stereocenters. The van der Waals surface area contributed by atoms with Gasteiger partial charge in [0, 0.05) is 6.04 Å². The van der Waals surface area contributed by atoms with Crippen LogP contribution < -0.4 is 11.1 Å². The molecular weight excluding hydrogens is 217 g/mol. The van der Waals surface area contributed by atoms with Crippen LogP contribution >= 0.6 is 0 Å². The van der Waals surface area contributed by atoms with Crippen LogP contribution in [0.3, 0.4) is 0 Å². The lowest BCUT2D eigenvalue weighted by molar-refractivity contribution is -0.169. The van der Waals surface area contributed by atoms with Crippen LogP contribution in [0.2, 0.25) is 0 Å². The second kappa shape index (κ2) is 3.74. The molecule has 16 heavy (non-hydrogen) atoms. The van der Waals surface area contributed by atoms with Crippen LogP contribution in [0.25, 0.3) is 0 Å². The third-order valence-electron chi connectivity index (χ3n) is 4.04. The Hall–Kier alpha value is -0.550. The number of rotatable bonds is 0. The minimum Gasteiger partial charge on any atom is -0.326 e. The summed E-state index contributed by atoms with van der Waals surface area (Å²) >= 11 is 0. The highest BCUT2D eigenvalue weighted by Crippen LogP contribution is 2.53. The fourth-order valence-electron chi connectivity index (χ4n) is 3.16. The van der Waals surface area contributed by atoms with Gasteiger partial charge in [-0.3, -0.25) is 0 Å². The zero-order valence-electron chi connectivity index (χ0n) is 9.11. The third-order valence-corrected chi connectivity index (χ3v) is 4.04. The van der Waals surface area contributed by atoms with E-state index in [4.69, 9.17) is 5.73 Å². The van der Waals surface area contributed by atoms with Gasteiger partial charge >= 0.3 is 6.18 Å². The Morgan fingerprint density at radius 2 is 1.88 bits per heavy atom. The van der Waals surface area contributed by atoms with Crippen LogP contribution in [-0.2, 0) is 0 Å². The highest BCUT2D eigenvalue weighted by Gasteiger charge is 2.57. The minimum atomic E-state index is -4.25. The van der Waals surface area contributed by atoms with Crippen LogP contribution in [0.4, 0.5) is 13.2 Å². The van der Waals surface area contributed by atoms with Crippen molar-refractivity contribution in [2.24, 2.45) is 17.1 Å². The summed E-state index contributed by atoms with van der Waals surface area (Å²) in [6, 6.07) is -0.818. The fourth-order valence-corrected chi connectivity index (χ4v) is 3.16. The zero-order chi connectivity index (χ0) is 12.0. The summed E-state index contributed by atoms with van der Waals surface area (Å²) in [5, 5.41) is 3.16. The molecule has 0 aromatic rings. The van der Waals surface area contributed by atoms with Crippen molar-refractivity contribution in [2.45, 2.75) is 31.5 Å². The molecule has 5 heteroatoms. The molecule has 0 aromatic carbocycles. The molecule has 2 atom stereocenters. The van der Waals surface area contributed by atoms with Crippen molar-refractivity contribution in [2.75, 3.05) is 13.1 Å². The molecule has 2 nitrogen and oxygen atoms in total. The molecule has 92 valence electrons. The Morgan fingerprint density at radius 3 is 2.31 bits per heavy atom. The first-order valence-electron chi connectivity index (χ1n) is 5.57. The summed E-state index contributed by atoms with van der Waals surface area (Å²) in [7, 11) is 0. The Bertz CT molecular complexity index is 292. The van der Waals surface area contributed by atoms with Crippen molar-refractivity contribution in [1.29, 1.82) is 0 Å². The maximum absolute atomic E-state index is 12.8. The van der Waals surface area contributed by atoms with Gasteiger partial charge in [-0.1, -0.05) is 12.2 Å². The quantitative estimate of drug-likeness (QED) is 0.627. The molecule has 2 fully saturated rings. The number of alkyl halides is 3. The molecule has 1 aliphatic carbocycles. The lowest BCUT2D eigenvalue weighted by Crippen LogP contribution is -2.50. The summed E-state index contributed by atoms with van der Waals surface area (Å²) in [6.07, 6.45) is -2.37. The summed E-state index contributed by atoms with van der Waals surface area (Å²) < 4.78 is 38.5. The van der Waals surface area contributed by atoms with Crippen LogP contribution in [0.5, 0.6) is 0 Å². The van der Waals surface area contributed by atoms with Gasteiger partial charge in [0.2, 0.25) is 0 Å². The van der Waals surface area contributed by atoms with Gasteiger partial charge < -0.3 is 11.1 Å². The Balaban J connectivity index is 2.24. The number of hydrogen-bond donors (Lipinski definition) is 2. The predicted octanol–water partition coefficient (Wildman–Crippen LogP) is 1.82. The van der Waals surface area contributed by atoms with Gasteiger partial charge in [-0.25, -0.2) is 0 Å². The minimum absolute atomic E-state index is 0.266. The fraction of sp³-hybridized carbons (Fsp3) is 0.818. The van der Waals surface area contributed by atoms with E-state index >= 15 is 0 Å². The molecule has 0 aromatic heterocycles. The normalized spacial score (nSPS) is 34.6.